The molecule has 0 N–H and O–H groups in total. The molecular formula is C24H26N4O3. The van der Waals surface area contributed by atoms with E-state index in [1.165, 1.54) is 0 Å². The summed E-state index contributed by atoms with van der Waals surface area (Å²) in [6.07, 6.45) is 4.62. The molecule has 1 unspecified atom stereocenters. The third kappa shape index (κ3) is 3.87. The largest absolute Gasteiger partial charge is 0.497 e. The molecule has 1 amide bonds. The number of para-hydroxylation sites is 1. The third-order valence-corrected chi connectivity index (χ3v) is 6.31. The van der Waals surface area contributed by atoms with Crippen molar-refractivity contribution in [2.24, 2.45) is 0 Å². The number of rotatable bonds is 7. The second-order valence-corrected chi connectivity index (χ2v) is 8.30. The number of carbonyl (C=O) groups is 1. The van der Waals surface area contributed by atoms with Crippen LogP contribution in [0.25, 0.3) is 0 Å². The molecule has 7 heteroatoms. The monoisotopic (exact) mass is 418 g/mol. The van der Waals surface area contributed by atoms with Gasteiger partial charge in [0.05, 0.1) is 24.8 Å². The van der Waals surface area contributed by atoms with E-state index in [2.05, 4.69) is 10.3 Å². The van der Waals surface area contributed by atoms with Crippen molar-refractivity contribution in [2.75, 3.05) is 20.2 Å². The van der Waals surface area contributed by atoms with Gasteiger partial charge in [0.15, 0.2) is 0 Å². The van der Waals surface area contributed by atoms with E-state index >= 15 is 0 Å². The van der Waals surface area contributed by atoms with Crippen molar-refractivity contribution in [3.63, 3.8) is 0 Å². The Kier molecular flexibility index (Phi) is 5.10. The number of likely N-dealkylation sites (tertiary alicyclic amines) is 1. The predicted octanol–water partition coefficient (Wildman–Crippen LogP) is 3.37. The highest BCUT2D eigenvalue weighted by atomic mass is 16.5. The van der Waals surface area contributed by atoms with E-state index < -0.39 is 0 Å². The van der Waals surface area contributed by atoms with Gasteiger partial charge in [0.1, 0.15) is 23.8 Å². The highest BCUT2D eigenvalue weighted by molar-refractivity contribution is 5.91. The van der Waals surface area contributed by atoms with Crippen LogP contribution in [0.1, 0.15) is 36.6 Å². The van der Waals surface area contributed by atoms with Crippen LogP contribution in [0.3, 0.4) is 0 Å². The van der Waals surface area contributed by atoms with Gasteiger partial charge >= 0.3 is 0 Å². The lowest BCUT2D eigenvalue weighted by Crippen LogP contribution is -2.38. The molecule has 0 spiro atoms. The SMILES string of the molecule is COc1ccc(C2(C(=O)N3CCC(n4cc(COc5ccccc5)nn4)C3)CC2)cc1. The smallest absolute Gasteiger partial charge is 0.233 e. The first-order valence-corrected chi connectivity index (χ1v) is 10.7. The fourth-order valence-corrected chi connectivity index (χ4v) is 4.34. The summed E-state index contributed by atoms with van der Waals surface area (Å²) in [5.74, 6) is 1.85. The molecule has 31 heavy (non-hydrogen) atoms. The number of amides is 1. The van der Waals surface area contributed by atoms with E-state index in [9.17, 15) is 4.79 Å². The van der Waals surface area contributed by atoms with Crippen LogP contribution < -0.4 is 9.47 Å². The Morgan fingerprint density at radius 3 is 2.58 bits per heavy atom. The minimum atomic E-state index is -0.363. The van der Waals surface area contributed by atoms with Gasteiger partial charge in [-0.05, 0) is 49.1 Å². The zero-order valence-electron chi connectivity index (χ0n) is 17.6. The normalized spacial score (nSPS) is 19.3. The summed E-state index contributed by atoms with van der Waals surface area (Å²) in [6.45, 7) is 1.79. The summed E-state index contributed by atoms with van der Waals surface area (Å²) >= 11 is 0. The van der Waals surface area contributed by atoms with Crippen molar-refractivity contribution in [2.45, 2.75) is 37.3 Å². The lowest BCUT2D eigenvalue weighted by atomic mass is 9.94. The maximum atomic E-state index is 13.4. The molecule has 0 radical (unpaired) electrons. The Bertz CT molecular complexity index is 1040. The minimum Gasteiger partial charge on any atom is -0.497 e. The molecule has 3 aromatic rings. The van der Waals surface area contributed by atoms with Crippen molar-refractivity contribution in [3.8, 4) is 11.5 Å². The number of methoxy groups -OCH3 is 1. The summed E-state index contributed by atoms with van der Waals surface area (Å²) < 4.78 is 12.9. The number of ether oxygens (including phenoxy) is 2. The summed E-state index contributed by atoms with van der Waals surface area (Å²) in [5, 5.41) is 8.54. The summed E-state index contributed by atoms with van der Waals surface area (Å²) in [7, 11) is 1.65. The minimum absolute atomic E-state index is 0.147. The van der Waals surface area contributed by atoms with Gasteiger partial charge in [0.25, 0.3) is 0 Å². The van der Waals surface area contributed by atoms with Gasteiger partial charge in [-0.15, -0.1) is 5.10 Å². The molecule has 160 valence electrons. The Morgan fingerprint density at radius 2 is 1.87 bits per heavy atom. The Morgan fingerprint density at radius 1 is 1.10 bits per heavy atom. The molecule has 2 fully saturated rings. The second-order valence-electron chi connectivity index (χ2n) is 8.30. The summed E-state index contributed by atoms with van der Waals surface area (Å²) in [4.78, 5) is 15.3. The van der Waals surface area contributed by atoms with Crippen LogP contribution in [0.15, 0.2) is 60.8 Å². The maximum absolute atomic E-state index is 13.4. The first-order valence-electron chi connectivity index (χ1n) is 10.7. The van der Waals surface area contributed by atoms with Crippen molar-refractivity contribution in [3.05, 3.63) is 72.1 Å². The number of carbonyl (C=O) groups excluding carboxylic acids is 1. The van der Waals surface area contributed by atoms with Crippen LogP contribution in [0.4, 0.5) is 0 Å². The fraction of sp³-hybridized carbons (Fsp3) is 0.375. The van der Waals surface area contributed by atoms with E-state index in [4.69, 9.17) is 9.47 Å². The van der Waals surface area contributed by atoms with E-state index in [1.807, 2.05) is 70.4 Å². The van der Waals surface area contributed by atoms with Crippen molar-refractivity contribution >= 4 is 5.91 Å². The van der Waals surface area contributed by atoms with Crippen LogP contribution in [0, 0.1) is 0 Å². The quantitative estimate of drug-likeness (QED) is 0.588. The van der Waals surface area contributed by atoms with E-state index in [-0.39, 0.29) is 17.4 Å². The third-order valence-electron chi connectivity index (χ3n) is 6.31. The highest BCUT2D eigenvalue weighted by Crippen LogP contribution is 2.50. The predicted molar refractivity (Wildman–Crippen MR) is 115 cm³/mol. The number of hydrogen-bond donors (Lipinski definition) is 0. The lowest BCUT2D eigenvalue weighted by molar-refractivity contribution is -0.133. The van der Waals surface area contributed by atoms with Gasteiger partial charge in [-0.2, -0.15) is 0 Å². The molecule has 1 saturated carbocycles. The molecule has 1 aliphatic carbocycles. The van der Waals surface area contributed by atoms with Gasteiger partial charge in [-0.1, -0.05) is 35.5 Å². The zero-order chi connectivity index (χ0) is 21.3. The molecule has 1 atom stereocenters. The van der Waals surface area contributed by atoms with Crippen LogP contribution in [-0.4, -0.2) is 46.0 Å². The Labute approximate surface area is 181 Å². The van der Waals surface area contributed by atoms with Crippen molar-refractivity contribution in [1.82, 2.24) is 19.9 Å². The van der Waals surface area contributed by atoms with Gasteiger partial charge in [-0.3, -0.25) is 4.79 Å². The maximum Gasteiger partial charge on any atom is 0.233 e. The second kappa shape index (κ2) is 8.06. The molecule has 5 rings (SSSR count). The van der Waals surface area contributed by atoms with E-state index in [0.29, 0.717) is 13.2 Å². The van der Waals surface area contributed by atoms with Gasteiger partial charge < -0.3 is 14.4 Å². The van der Waals surface area contributed by atoms with E-state index in [0.717, 1.165) is 48.6 Å². The fourth-order valence-electron chi connectivity index (χ4n) is 4.34. The van der Waals surface area contributed by atoms with Crippen LogP contribution in [0.2, 0.25) is 0 Å². The van der Waals surface area contributed by atoms with Gasteiger partial charge in [-0.25, -0.2) is 4.68 Å². The first kappa shape index (κ1) is 19.6. The lowest BCUT2D eigenvalue weighted by Gasteiger charge is -2.23. The Balaban J connectivity index is 1.21. The zero-order valence-corrected chi connectivity index (χ0v) is 17.6. The number of aromatic nitrogens is 3. The molecule has 7 nitrogen and oxygen atoms in total. The standard InChI is InChI=1S/C24H26N4O3/c1-30-21-9-7-18(8-10-21)24(12-13-24)23(29)27-14-11-20(16-27)28-15-19(25-26-28)17-31-22-5-3-2-4-6-22/h2-10,15,20H,11-14,16-17H2,1H3. The molecule has 0 bridgehead atoms. The van der Waals surface area contributed by atoms with Gasteiger partial charge in [0.2, 0.25) is 5.91 Å². The first-order chi connectivity index (χ1) is 15.2. The van der Waals surface area contributed by atoms with Crippen molar-refractivity contribution in [1.29, 1.82) is 0 Å². The molecular weight excluding hydrogens is 392 g/mol. The molecule has 1 aromatic heterocycles. The van der Waals surface area contributed by atoms with E-state index in [1.54, 1.807) is 7.11 Å². The molecule has 2 heterocycles. The van der Waals surface area contributed by atoms with Crippen molar-refractivity contribution < 1.29 is 14.3 Å². The summed E-state index contributed by atoms with van der Waals surface area (Å²) in [6, 6.07) is 17.7. The molecule has 1 aliphatic heterocycles. The number of benzene rings is 2. The van der Waals surface area contributed by atoms with Crippen LogP contribution in [0.5, 0.6) is 11.5 Å². The number of nitrogens with zero attached hydrogens (tertiary/aromatic N) is 4. The topological polar surface area (TPSA) is 69.5 Å². The van der Waals surface area contributed by atoms with Crippen LogP contribution in [-0.2, 0) is 16.8 Å². The Hall–Kier alpha value is -3.35. The average molecular weight is 418 g/mol. The number of hydrogen-bond acceptors (Lipinski definition) is 5. The molecule has 1 saturated heterocycles. The van der Waals surface area contributed by atoms with Crippen LogP contribution >= 0.6 is 0 Å². The molecule has 2 aromatic carbocycles. The average Bonchev–Trinajstić information content (AvgIpc) is 3.25. The molecule has 2 aliphatic rings. The summed E-state index contributed by atoms with van der Waals surface area (Å²) in [5.41, 5.74) is 1.51. The highest BCUT2D eigenvalue weighted by Gasteiger charge is 2.53. The van der Waals surface area contributed by atoms with Gasteiger partial charge in [0, 0.05) is 13.1 Å².